The van der Waals surface area contributed by atoms with Gasteiger partial charge in [0.15, 0.2) is 0 Å². The Balaban J connectivity index is 2.26. The summed E-state index contributed by atoms with van der Waals surface area (Å²) in [5.41, 5.74) is 0.962. The molecule has 0 heterocycles. The van der Waals surface area contributed by atoms with Gasteiger partial charge in [-0.3, -0.25) is 0 Å². The van der Waals surface area contributed by atoms with Crippen LogP contribution in [-0.2, 0) is 11.4 Å². The molecule has 0 aromatic heterocycles. The highest BCUT2D eigenvalue weighted by Gasteiger charge is 2.10. The van der Waals surface area contributed by atoms with E-state index in [0.29, 0.717) is 13.2 Å². The molecule has 5 nitrogen and oxygen atoms in total. The fourth-order valence-corrected chi connectivity index (χ4v) is 1.41. The number of rotatable bonds is 7. The molecular formula is C15H24N2O3. The van der Waals surface area contributed by atoms with Crippen molar-refractivity contribution in [1.29, 1.82) is 0 Å². The Hall–Kier alpha value is -1.59. The van der Waals surface area contributed by atoms with Gasteiger partial charge in [0, 0.05) is 12.1 Å². The minimum Gasteiger partial charge on any atom is -0.497 e. The number of β-amino-alcohol motifs (C(OH)–C–C–N with tert-alkyl or cyclic N) is 1. The molecule has 0 aliphatic rings. The quantitative estimate of drug-likeness (QED) is 0.592. The summed E-state index contributed by atoms with van der Waals surface area (Å²) in [6.07, 6.45) is 0.729. The number of ether oxygens (including phenoxy) is 1. The van der Waals surface area contributed by atoms with Crippen molar-refractivity contribution in [3.63, 3.8) is 0 Å². The smallest absolute Gasteiger partial charge is 0.142 e. The number of hydrogen-bond acceptors (Lipinski definition) is 5. The number of hydrogen-bond donors (Lipinski definition) is 2. The molecule has 112 valence electrons. The van der Waals surface area contributed by atoms with E-state index in [2.05, 4.69) is 10.5 Å². The van der Waals surface area contributed by atoms with Crippen LogP contribution in [-0.4, -0.2) is 36.6 Å². The first-order chi connectivity index (χ1) is 9.40. The standard InChI is InChI=1S/C15H24N2O3/c1-15(2,3)16-9-13(18)10-17-20-11-12-5-7-14(19-4)8-6-12/h5-8,10,13,16,18H,9,11H2,1-4H3/b17-10-. The van der Waals surface area contributed by atoms with E-state index in [-0.39, 0.29) is 5.54 Å². The second-order valence-electron chi connectivity index (χ2n) is 5.57. The Kier molecular flexibility index (Phi) is 6.48. The average molecular weight is 280 g/mol. The van der Waals surface area contributed by atoms with E-state index in [0.717, 1.165) is 11.3 Å². The minimum absolute atomic E-state index is 0.0290. The number of oxime groups is 1. The van der Waals surface area contributed by atoms with Gasteiger partial charge in [-0.25, -0.2) is 0 Å². The lowest BCUT2D eigenvalue weighted by Gasteiger charge is -2.21. The highest BCUT2D eigenvalue weighted by Crippen LogP contribution is 2.11. The third-order valence-electron chi connectivity index (χ3n) is 2.54. The van der Waals surface area contributed by atoms with Crippen LogP contribution in [0.3, 0.4) is 0 Å². The van der Waals surface area contributed by atoms with E-state index in [1.165, 1.54) is 6.21 Å². The van der Waals surface area contributed by atoms with Crippen molar-refractivity contribution in [2.45, 2.75) is 39.0 Å². The van der Waals surface area contributed by atoms with Crippen molar-refractivity contribution in [1.82, 2.24) is 5.32 Å². The first kappa shape index (κ1) is 16.5. The molecule has 0 bridgehead atoms. The largest absolute Gasteiger partial charge is 0.497 e. The van der Waals surface area contributed by atoms with Crippen molar-refractivity contribution in [2.24, 2.45) is 5.16 Å². The van der Waals surface area contributed by atoms with E-state index in [1.807, 2.05) is 45.0 Å². The van der Waals surface area contributed by atoms with Crippen LogP contribution in [0.15, 0.2) is 29.4 Å². The maximum Gasteiger partial charge on any atom is 0.142 e. The molecule has 0 saturated heterocycles. The summed E-state index contributed by atoms with van der Waals surface area (Å²) in [6, 6.07) is 7.55. The van der Waals surface area contributed by atoms with Crippen molar-refractivity contribution < 1.29 is 14.7 Å². The molecule has 0 saturated carbocycles. The maximum absolute atomic E-state index is 9.67. The van der Waals surface area contributed by atoms with Gasteiger partial charge in [0.2, 0.25) is 0 Å². The predicted octanol–water partition coefficient (Wildman–Crippen LogP) is 1.95. The zero-order chi connectivity index (χ0) is 15.0. The minimum atomic E-state index is -0.662. The van der Waals surface area contributed by atoms with Gasteiger partial charge in [0.1, 0.15) is 18.5 Å². The van der Waals surface area contributed by atoms with E-state index in [1.54, 1.807) is 7.11 Å². The highest BCUT2D eigenvalue weighted by molar-refractivity contribution is 5.62. The van der Waals surface area contributed by atoms with Gasteiger partial charge in [0.25, 0.3) is 0 Å². The number of nitrogens with zero attached hydrogens (tertiary/aromatic N) is 1. The maximum atomic E-state index is 9.67. The Labute approximate surface area is 120 Å². The van der Waals surface area contributed by atoms with Gasteiger partial charge < -0.3 is 20.0 Å². The Morgan fingerprint density at radius 3 is 2.50 bits per heavy atom. The van der Waals surface area contributed by atoms with Gasteiger partial charge in [-0.15, -0.1) is 0 Å². The van der Waals surface area contributed by atoms with E-state index < -0.39 is 6.10 Å². The molecule has 1 atom stereocenters. The zero-order valence-corrected chi connectivity index (χ0v) is 12.6. The summed E-state index contributed by atoms with van der Waals surface area (Å²) in [5.74, 6) is 0.806. The molecule has 1 rings (SSSR count). The van der Waals surface area contributed by atoms with Gasteiger partial charge in [0.05, 0.1) is 13.3 Å². The van der Waals surface area contributed by atoms with Gasteiger partial charge in [-0.2, -0.15) is 0 Å². The lowest BCUT2D eigenvalue weighted by molar-refractivity contribution is 0.126. The molecule has 0 amide bonds. The molecule has 0 radical (unpaired) electrons. The lowest BCUT2D eigenvalue weighted by Crippen LogP contribution is -2.41. The molecule has 1 aromatic carbocycles. The third kappa shape index (κ3) is 7.11. The fourth-order valence-electron chi connectivity index (χ4n) is 1.41. The molecule has 0 aliphatic heterocycles. The summed E-state index contributed by atoms with van der Waals surface area (Å²) >= 11 is 0. The van der Waals surface area contributed by atoms with Crippen LogP contribution < -0.4 is 10.1 Å². The summed E-state index contributed by atoms with van der Waals surface area (Å²) in [5, 5.41) is 16.6. The second-order valence-corrected chi connectivity index (χ2v) is 5.57. The van der Waals surface area contributed by atoms with Gasteiger partial charge in [-0.05, 0) is 38.5 Å². The normalized spacial score (nSPS) is 13.4. The fraction of sp³-hybridized carbons (Fsp3) is 0.533. The van der Waals surface area contributed by atoms with Crippen molar-refractivity contribution in [3.05, 3.63) is 29.8 Å². The zero-order valence-electron chi connectivity index (χ0n) is 12.6. The SMILES string of the molecule is COc1ccc(CO/N=C\C(O)CNC(C)(C)C)cc1. The average Bonchev–Trinajstić information content (AvgIpc) is 2.41. The third-order valence-corrected chi connectivity index (χ3v) is 2.54. The molecule has 0 spiro atoms. The van der Waals surface area contributed by atoms with Crippen molar-refractivity contribution in [3.8, 4) is 5.75 Å². The van der Waals surface area contributed by atoms with Crippen LogP contribution in [0.1, 0.15) is 26.3 Å². The van der Waals surface area contributed by atoms with Crippen LogP contribution in [0.5, 0.6) is 5.75 Å². The molecule has 1 unspecified atom stereocenters. The molecule has 20 heavy (non-hydrogen) atoms. The molecule has 1 aromatic rings. The van der Waals surface area contributed by atoms with Gasteiger partial charge >= 0.3 is 0 Å². The predicted molar refractivity (Wildman–Crippen MR) is 80.0 cm³/mol. The van der Waals surface area contributed by atoms with E-state index in [4.69, 9.17) is 9.57 Å². The summed E-state index contributed by atoms with van der Waals surface area (Å²) in [4.78, 5) is 5.14. The number of benzene rings is 1. The number of aliphatic hydroxyl groups is 1. The first-order valence-corrected chi connectivity index (χ1v) is 6.62. The van der Waals surface area contributed by atoms with Gasteiger partial charge in [-0.1, -0.05) is 17.3 Å². The monoisotopic (exact) mass is 280 g/mol. The number of methoxy groups -OCH3 is 1. The second kappa shape index (κ2) is 7.87. The summed E-state index contributed by atoms with van der Waals surface area (Å²) < 4.78 is 5.07. The molecular weight excluding hydrogens is 256 g/mol. The summed E-state index contributed by atoms with van der Waals surface area (Å²) in [6.45, 7) is 6.92. The van der Waals surface area contributed by atoms with E-state index >= 15 is 0 Å². The lowest BCUT2D eigenvalue weighted by atomic mass is 10.1. The van der Waals surface area contributed by atoms with Crippen LogP contribution in [0.2, 0.25) is 0 Å². The van der Waals surface area contributed by atoms with E-state index in [9.17, 15) is 5.11 Å². The Bertz CT molecular complexity index is 410. The first-order valence-electron chi connectivity index (χ1n) is 6.62. The van der Waals surface area contributed by atoms with Crippen molar-refractivity contribution in [2.75, 3.05) is 13.7 Å². The Morgan fingerprint density at radius 2 is 1.95 bits per heavy atom. The highest BCUT2D eigenvalue weighted by atomic mass is 16.6. The van der Waals surface area contributed by atoms with Crippen LogP contribution in [0, 0.1) is 0 Å². The molecule has 0 aliphatic carbocycles. The molecule has 2 N–H and O–H groups in total. The number of aliphatic hydroxyl groups excluding tert-OH is 1. The van der Waals surface area contributed by atoms with Crippen LogP contribution >= 0.6 is 0 Å². The Morgan fingerprint density at radius 1 is 1.30 bits per heavy atom. The van der Waals surface area contributed by atoms with Crippen molar-refractivity contribution >= 4 is 6.21 Å². The van der Waals surface area contributed by atoms with Crippen LogP contribution in [0.25, 0.3) is 0 Å². The topological polar surface area (TPSA) is 63.1 Å². The summed E-state index contributed by atoms with van der Waals surface area (Å²) in [7, 11) is 1.63. The van der Waals surface area contributed by atoms with Crippen LogP contribution in [0.4, 0.5) is 0 Å². The number of nitrogens with one attached hydrogen (secondary N) is 1. The molecule has 5 heteroatoms. The molecule has 0 fully saturated rings.